The lowest BCUT2D eigenvalue weighted by Crippen LogP contribution is -1.93. The van der Waals surface area contributed by atoms with E-state index in [2.05, 4.69) is 72.8 Å². The van der Waals surface area contributed by atoms with Gasteiger partial charge in [0.2, 0.25) is 0 Å². The fourth-order valence-electron chi connectivity index (χ4n) is 3.26. The number of hydrogen-bond donors (Lipinski definition) is 0. The van der Waals surface area contributed by atoms with Crippen LogP contribution in [0.3, 0.4) is 0 Å². The zero-order valence-electron chi connectivity index (χ0n) is 12.7. The fourth-order valence-corrected chi connectivity index (χ4v) is 3.26. The Balaban J connectivity index is 2.06. The highest BCUT2D eigenvalue weighted by Crippen LogP contribution is 2.33. The summed E-state index contributed by atoms with van der Waals surface area (Å²) >= 11 is 0. The number of fused-ring (bicyclic) bond motifs is 2. The summed E-state index contributed by atoms with van der Waals surface area (Å²) in [6.45, 7) is 0. The second-order valence-corrected chi connectivity index (χ2v) is 5.75. The van der Waals surface area contributed by atoms with Crippen molar-refractivity contribution in [2.75, 3.05) is 0 Å². The Labute approximate surface area is 135 Å². The third-order valence-electron chi connectivity index (χ3n) is 4.35. The highest BCUT2D eigenvalue weighted by atomic mass is 16.1. The van der Waals surface area contributed by atoms with Crippen LogP contribution in [-0.4, -0.2) is 6.29 Å². The Hall–Kier alpha value is -2.93. The Morgan fingerprint density at radius 2 is 1.30 bits per heavy atom. The lowest BCUT2D eigenvalue weighted by molar-refractivity contribution is -0.107. The van der Waals surface area contributed by atoms with Gasteiger partial charge in [-0.15, -0.1) is 0 Å². The monoisotopic (exact) mass is 296 g/mol. The van der Waals surface area contributed by atoms with Gasteiger partial charge in [-0.25, -0.2) is 0 Å². The maximum atomic E-state index is 11.2. The number of rotatable bonds is 3. The Kier molecular flexibility index (Phi) is 3.39. The smallest absolute Gasteiger partial charge is 0.124 e. The molecule has 0 bridgehead atoms. The predicted molar refractivity (Wildman–Crippen MR) is 96.7 cm³/mol. The largest absolute Gasteiger partial charge is 0.303 e. The molecule has 0 spiro atoms. The van der Waals surface area contributed by atoms with Gasteiger partial charge < -0.3 is 4.79 Å². The quantitative estimate of drug-likeness (QED) is 0.462. The van der Waals surface area contributed by atoms with E-state index in [1.807, 2.05) is 6.07 Å². The van der Waals surface area contributed by atoms with Crippen LogP contribution in [0.2, 0.25) is 0 Å². The van der Waals surface area contributed by atoms with Crippen LogP contribution >= 0.6 is 0 Å². The molecule has 4 rings (SSSR count). The van der Waals surface area contributed by atoms with E-state index in [1.54, 1.807) is 0 Å². The van der Waals surface area contributed by atoms with Gasteiger partial charge in [-0.1, -0.05) is 72.8 Å². The molecule has 110 valence electrons. The second-order valence-electron chi connectivity index (χ2n) is 5.75. The molecule has 4 aromatic carbocycles. The first-order valence-corrected chi connectivity index (χ1v) is 7.80. The van der Waals surface area contributed by atoms with E-state index in [4.69, 9.17) is 0 Å². The highest BCUT2D eigenvalue weighted by Gasteiger charge is 2.10. The van der Waals surface area contributed by atoms with Crippen LogP contribution < -0.4 is 0 Å². The molecule has 0 heterocycles. The molecular formula is C22H16O. The van der Waals surface area contributed by atoms with Crippen molar-refractivity contribution in [1.82, 2.24) is 0 Å². The zero-order chi connectivity index (χ0) is 15.6. The Morgan fingerprint density at radius 1 is 0.652 bits per heavy atom. The van der Waals surface area contributed by atoms with Gasteiger partial charge in [-0.2, -0.15) is 0 Å². The molecule has 23 heavy (non-hydrogen) atoms. The highest BCUT2D eigenvalue weighted by molar-refractivity contribution is 6.00. The number of benzene rings is 4. The van der Waals surface area contributed by atoms with E-state index in [9.17, 15) is 4.79 Å². The lowest BCUT2D eigenvalue weighted by atomic mass is 9.91. The van der Waals surface area contributed by atoms with Crippen molar-refractivity contribution in [1.29, 1.82) is 0 Å². The number of carbonyl (C=O) groups excluding carboxylic acids is 1. The average Bonchev–Trinajstić information content (AvgIpc) is 2.61. The van der Waals surface area contributed by atoms with Crippen LogP contribution in [0, 0.1) is 0 Å². The number of aldehydes is 1. The van der Waals surface area contributed by atoms with Crippen LogP contribution in [0.1, 0.15) is 5.56 Å². The summed E-state index contributed by atoms with van der Waals surface area (Å²) in [4.78, 5) is 11.2. The van der Waals surface area contributed by atoms with E-state index in [0.29, 0.717) is 6.42 Å². The maximum Gasteiger partial charge on any atom is 0.124 e. The normalized spacial score (nSPS) is 11.0. The number of hydrogen-bond acceptors (Lipinski definition) is 1. The van der Waals surface area contributed by atoms with Gasteiger partial charge in [0.25, 0.3) is 0 Å². The maximum absolute atomic E-state index is 11.2. The van der Waals surface area contributed by atoms with Gasteiger partial charge in [-0.3, -0.25) is 0 Å². The molecule has 0 aliphatic heterocycles. The summed E-state index contributed by atoms with van der Waals surface area (Å²) in [5.74, 6) is 0. The predicted octanol–water partition coefficient (Wildman–Crippen LogP) is 5.40. The van der Waals surface area contributed by atoms with Gasteiger partial charge in [0.05, 0.1) is 0 Å². The Bertz CT molecular complexity index is 1010. The van der Waals surface area contributed by atoms with Gasteiger partial charge in [0, 0.05) is 6.42 Å². The van der Waals surface area contributed by atoms with Crippen molar-refractivity contribution in [2.24, 2.45) is 0 Å². The third-order valence-corrected chi connectivity index (χ3v) is 4.35. The fraction of sp³-hybridized carbons (Fsp3) is 0.0455. The molecule has 0 aliphatic carbocycles. The SMILES string of the molecule is O=CCc1cc2ccccc2cc1-c1cccc2ccccc12. The van der Waals surface area contributed by atoms with Gasteiger partial charge in [-0.05, 0) is 44.3 Å². The van der Waals surface area contributed by atoms with Gasteiger partial charge in [0.1, 0.15) is 6.29 Å². The molecule has 0 saturated carbocycles. The van der Waals surface area contributed by atoms with Crippen LogP contribution in [0.4, 0.5) is 0 Å². The topological polar surface area (TPSA) is 17.1 Å². The summed E-state index contributed by atoms with van der Waals surface area (Å²) in [5, 5.41) is 4.81. The average molecular weight is 296 g/mol. The lowest BCUT2D eigenvalue weighted by Gasteiger charge is -2.13. The molecule has 0 saturated heterocycles. The molecule has 0 N–H and O–H groups in total. The molecule has 4 aromatic rings. The second kappa shape index (κ2) is 5.69. The molecule has 1 heteroatoms. The summed E-state index contributed by atoms with van der Waals surface area (Å²) in [6.07, 6.45) is 1.42. The molecule has 0 aliphatic rings. The van der Waals surface area contributed by atoms with Crippen LogP contribution in [0.25, 0.3) is 32.7 Å². The molecule has 0 atom stereocenters. The molecule has 0 unspecified atom stereocenters. The summed E-state index contributed by atoms with van der Waals surface area (Å²) < 4.78 is 0. The molecule has 0 radical (unpaired) electrons. The van der Waals surface area contributed by atoms with Gasteiger partial charge in [0.15, 0.2) is 0 Å². The van der Waals surface area contributed by atoms with Crippen molar-refractivity contribution in [3.8, 4) is 11.1 Å². The first-order valence-electron chi connectivity index (χ1n) is 7.80. The van der Waals surface area contributed by atoms with Crippen LogP contribution in [0.5, 0.6) is 0 Å². The van der Waals surface area contributed by atoms with E-state index in [1.165, 1.54) is 27.1 Å². The number of carbonyl (C=O) groups is 1. The minimum absolute atomic E-state index is 0.434. The molecule has 0 fully saturated rings. The van der Waals surface area contributed by atoms with E-state index >= 15 is 0 Å². The summed E-state index contributed by atoms with van der Waals surface area (Å²) in [5.41, 5.74) is 3.41. The summed E-state index contributed by atoms with van der Waals surface area (Å²) in [7, 11) is 0. The van der Waals surface area contributed by atoms with Crippen LogP contribution in [0.15, 0.2) is 78.9 Å². The molecule has 0 amide bonds. The minimum atomic E-state index is 0.434. The summed E-state index contributed by atoms with van der Waals surface area (Å²) in [6, 6.07) is 27.4. The van der Waals surface area contributed by atoms with Crippen molar-refractivity contribution in [3.05, 3.63) is 84.4 Å². The standard InChI is InChI=1S/C22H16O/c23-13-12-19-14-17-7-1-2-8-18(17)15-22(19)21-11-5-9-16-6-3-4-10-20(16)21/h1-11,13-15H,12H2. The third kappa shape index (κ3) is 2.40. The molecule has 1 nitrogen and oxygen atoms in total. The van der Waals surface area contributed by atoms with Crippen molar-refractivity contribution < 1.29 is 4.79 Å². The Morgan fingerprint density at radius 3 is 2.09 bits per heavy atom. The van der Waals surface area contributed by atoms with E-state index < -0.39 is 0 Å². The van der Waals surface area contributed by atoms with E-state index in [-0.39, 0.29) is 0 Å². The first-order chi connectivity index (χ1) is 11.4. The van der Waals surface area contributed by atoms with Crippen molar-refractivity contribution in [2.45, 2.75) is 6.42 Å². The van der Waals surface area contributed by atoms with E-state index in [0.717, 1.165) is 17.4 Å². The van der Waals surface area contributed by atoms with Gasteiger partial charge >= 0.3 is 0 Å². The minimum Gasteiger partial charge on any atom is -0.303 e. The first kappa shape index (κ1) is 13.7. The van der Waals surface area contributed by atoms with Crippen LogP contribution in [-0.2, 0) is 11.2 Å². The molecular weight excluding hydrogens is 280 g/mol. The molecule has 0 aromatic heterocycles. The van der Waals surface area contributed by atoms with Crippen molar-refractivity contribution in [3.63, 3.8) is 0 Å². The zero-order valence-corrected chi connectivity index (χ0v) is 12.7. The van der Waals surface area contributed by atoms with Crippen molar-refractivity contribution >= 4 is 27.8 Å².